The maximum Gasteiger partial charge on any atom is 0.130 e. The fourth-order valence-electron chi connectivity index (χ4n) is 2.05. The van der Waals surface area contributed by atoms with Crippen molar-refractivity contribution < 1.29 is 4.39 Å². The first-order valence-corrected chi connectivity index (χ1v) is 6.67. The molecule has 2 aromatic rings. The highest BCUT2D eigenvalue weighted by atomic mass is 35.5. The van der Waals surface area contributed by atoms with Crippen LogP contribution in [0.25, 0.3) is 0 Å². The van der Waals surface area contributed by atoms with Crippen LogP contribution in [-0.2, 0) is 7.05 Å². The zero-order chi connectivity index (χ0) is 13.8. The third-order valence-corrected chi connectivity index (χ3v) is 3.33. The summed E-state index contributed by atoms with van der Waals surface area (Å²) in [6, 6.07) is 4.39. The molecular formula is C14H17ClFN3. The molecule has 19 heavy (non-hydrogen) atoms. The van der Waals surface area contributed by atoms with Crippen molar-refractivity contribution in [3.8, 4) is 0 Å². The van der Waals surface area contributed by atoms with Gasteiger partial charge in [0.15, 0.2) is 0 Å². The molecule has 0 bridgehead atoms. The average Bonchev–Trinajstić information content (AvgIpc) is 2.79. The number of imidazole rings is 1. The van der Waals surface area contributed by atoms with E-state index in [9.17, 15) is 4.39 Å². The summed E-state index contributed by atoms with van der Waals surface area (Å²) in [5, 5.41) is 3.72. The van der Waals surface area contributed by atoms with Crippen LogP contribution in [0.5, 0.6) is 0 Å². The predicted molar refractivity (Wildman–Crippen MR) is 74.8 cm³/mol. The lowest BCUT2D eigenvalue weighted by Gasteiger charge is -2.20. The molecule has 2 rings (SSSR count). The van der Waals surface area contributed by atoms with E-state index in [0.717, 1.165) is 18.8 Å². The van der Waals surface area contributed by atoms with Crippen LogP contribution in [0, 0.1) is 5.82 Å². The van der Waals surface area contributed by atoms with Crippen molar-refractivity contribution in [3.05, 3.63) is 52.8 Å². The van der Waals surface area contributed by atoms with Gasteiger partial charge in [-0.05, 0) is 25.1 Å². The number of benzene rings is 1. The van der Waals surface area contributed by atoms with Crippen molar-refractivity contribution in [1.29, 1.82) is 0 Å². The van der Waals surface area contributed by atoms with Crippen LogP contribution in [-0.4, -0.2) is 16.1 Å². The Morgan fingerprint density at radius 1 is 1.47 bits per heavy atom. The molecule has 0 fully saturated rings. The largest absolute Gasteiger partial charge is 0.336 e. The number of halogens is 2. The molecule has 0 amide bonds. The topological polar surface area (TPSA) is 29.9 Å². The van der Waals surface area contributed by atoms with E-state index in [4.69, 9.17) is 11.6 Å². The first-order chi connectivity index (χ1) is 9.15. The van der Waals surface area contributed by atoms with Crippen LogP contribution in [0.4, 0.5) is 4.39 Å². The summed E-state index contributed by atoms with van der Waals surface area (Å²) < 4.78 is 16.0. The molecule has 0 aliphatic rings. The summed E-state index contributed by atoms with van der Waals surface area (Å²) in [7, 11) is 1.89. The average molecular weight is 282 g/mol. The Hall–Kier alpha value is -1.39. The van der Waals surface area contributed by atoms with Crippen molar-refractivity contribution in [3.63, 3.8) is 0 Å². The summed E-state index contributed by atoms with van der Waals surface area (Å²) in [5.41, 5.74) is 0.451. The van der Waals surface area contributed by atoms with Crippen LogP contribution >= 0.6 is 11.6 Å². The molecule has 0 radical (unpaired) electrons. The Kier molecular flexibility index (Phi) is 4.56. The highest BCUT2D eigenvalue weighted by Crippen LogP contribution is 2.29. The van der Waals surface area contributed by atoms with Gasteiger partial charge in [-0.25, -0.2) is 9.37 Å². The standard InChI is InChI=1S/C14H17ClFN3/c1-3-7-17-13(14-18-8-9-19(14)2)12-10(15)5-4-6-11(12)16/h4-6,8-9,13,17H,3,7H2,1-2H3. The number of hydrogen-bond acceptors (Lipinski definition) is 2. The van der Waals surface area contributed by atoms with Crippen LogP contribution < -0.4 is 5.32 Å². The zero-order valence-electron chi connectivity index (χ0n) is 11.0. The zero-order valence-corrected chi connectivity index (χ0v) is 11.8. The van der Waals surface area contributed by atoms with Crippen molar-refractivity contribution >= 4 is 11.6 Å². The Bertz CT molecular complexity index is 533. The molecular weight excluding hydrogens is 265 g/mol. The van der Waals surface area contributed by atoms with Gasteiger partial charge in [-0.1, -0.05) is 24.6 Å². The second-order valence-corrected chi connectivity index (χ2v) is 4.83. The quantitative estimate of drug-likeness (QED) is 0.911. The molecule has 1 atom stereocenters. The number of aryl methyl sites for hydroxylation is 1. The molecule has 1 aromatic heterocycles. The second kappa shape index (κ2) is 6.17. The van der Waals surface area contributed by atoms with E-state index in [1.165, 1.54) is 6.07 Å². The predicted octanol–water partition coefficient (Wildman–Crippen LogP) is 3.30. The summed E-state index contributed by atoms with van der Waals surface area (Å²) in [6.45, 7) is 2.83. The third kappa shape index (κ3) is 2.96. The lowest BCUT2D eigenvalue weighted by atomic mass is 10.0. The fourth-order valence-corrected chi connectivity index (χ4v) is 2.33. The Morgan fingerprint density at radius 2 is 2.26 bits per heavy atom. The van der Waals surface area contributed by atoms with Gasteiger partial charge >= 0.3 is 0 Å². The van der Waals surface area contributed by atoms with E-state index in [-0.39, 0.29) is 11.9 Å². The molecule has 1 N–H and O–H groups in total. The summed E-state index contributed by atoms with van der Waals surface area (Å²) >= 11 is 6.16. The van der Waals surface area contributed by atoms with Gasteiger partial charge in [0.2, 0.25) is 0 Å². The SMILES string of the molecule is CCCNC(c1c(F)cccc1Cl)c1nccn1C. The van der Waals surface area contributed by atoms with Crippen molar-refractivity contribution in [2.75, 3.05) is 6.54 Å². The maximum atomic E-state index is 14.1. The highest BCUT2D eigenvalue weighted by Gasteiger charge is 2.23. The molecule has 0 aliphatic heterocycles. The van der Waals surface area contributed by atoms with Gasteiger partial charge < -0.3 is 9.88 Å². The van der Waals surface area contributed by atoms with Gasteiger partial charge in [-0.3, -0.25) is 0 Å². The van der Waals surface area contributed by atoms with E-state index in [2.05, 4.69) is 17.2 Å². The van der Waals surface area contributed by atoms with Crippen molar-refractivity contribution in [2.45, 2.75) is 19.4 Å². The minimum atomic E-state index is -0.339. The molecule has 0 saturated heterocycles. The molecule has 5 heteroatoms. The Morgan fingerprint density at radius 3 is 2.84 bits per heavy atom. The smallest absolute Gasteiger partial charge is 0.130 e. The van der Waals surface area contributed by atoms with Gasteiger partial charge in [0, 0.05) is 30.0 Å². The summed E-state index contributed by atoms with van der Waals surface area (Å²) in [6.07, 6.45) is 4.49. The van der Waals surface area contributed by atoms with Crippen LogP contribution in [0.15, 0.2) is 30.6 Å². The van der Waals surface area contributed by atoms with E-state index >= 15 is 0 Å². The van der Waals surface area contributed by atoms with Gasteiger partial charge in [0.1, 0.15) is 11.6 Å². The van der Waals surface area contributed by atoms with E-state index in [1.54, 1.807) is 18.3 Å². The van der Waals surface area contributed by atoms with E-state index < -0.39 is 0 Å². The number of aromatic nitrogens is 2. The van der Waals surface area contributed by atoms with Gasteiger partial charge in [-0.2, -0.15) is 0 Å². The first-order valence-electron chi connectivity index (χ1n) is 6.29. The minimum Gasteiger partial charge on any atom is -0.336 e. The van der Waals surface area contributed by atoms with E-state index in [1.807, 2.05) is 17.8 Å². The molecule has 0 spiro atoms. The number of hydrogen-bond donors (Lipinski definition) is 1. The highest BCUT2D eigenvalue weighted by molar-refractivity contribution is 6.31. The lowest BCUT2D eigenvalue weighted by molar-refractivity contribution is 0.520. The normalized spacial score (nSPS) is 12.6. The maximum absolute atomic E-state index is 14.1. The second-order valence-electron chi connectivity index (χ2n) is 4.42. The molecule has 1 heterocycles. The third-order valence-electron chi connectivity index (χ3n) is 3.00. The lowest BCUT2D eigenvalue weighted by Crippen LogP contribution is -2.27. The summed E-state index contributed by atoms with van der Waals surface area (Å²) in [4.78, 5) is 4.30. The first kappa shape index (κ1) is 14.0. The monoisotopic (exact) mass is 281 g/mol. The number of nitrogens with one attached hydrogen (secondary N) is 1. The van der Waals surface area contributed by atoms with Crippen molar-refractivity contribution in [2.24, 2.45) is 7.05 Å². The fraction of sp³-hybridized carbons (Fsp3) is 0.357. The van der Waals surface area contributed by atoms with Crippen LogP contribution in [0.2, 0.25) is 5.02 Å². The van der Waals surface area contributed by atoms with Crippen molar-refractivity contribution in [1.82, 2.24) is 14.9 Å². The summed E-state index contributed by atoms with van der Waals surface area (Å²) in [5.74, 6) is 0.435. The number of nitrogens with zero attached hydrogens (tertiary/aromatic N) is 2. The van der Waals surface area contributed by atoms with Crippen LogP contribution in [0.1, 0.15) is 30.8 Å². The molecule has 1 unspecified atom stereocenters. The molecule has 1 aromatic carbocycles. The minimum absolute atomic E-state index is 0.316. The Balaban J connectivity index is 2.46. The van der Waals surface area contributed by atoms with Gasteiger partial charge in [-0.15, -0.1) is 0 Å². The molecule has 0 saturated carbocycles. The molecule has 102 valence electrons. The van der Waals surface area contributed by atoms with Gasteiger partial charge in [0.25, 0.3) is 0 Å². The molecule has 0 aliphatic carbocycles. The van der Waals surface area contributed by atoms with E-state index in [0.29, 0.717) is 10.6 Å². The molecule has 3 nitrogen and oxygen atoms in total. The van der Waals surface area contributed by atoms with Crippen LogP contribution in [0.3, 0.4) is 0 Å². The Labute approximate surface area is 117 Å². The van der Waals surface area contributed by atoms with Gasteiger partial charge in [0.05, 0.1) is 6.04 Å². The number of rotatable bonds is 5.